The van der Waals surface area contributed by atoms with Gasteiger partial charge in [-0.1, -0.05) is 42.1 Å². The molecule has 0 amide bonds. The minimum absolute atomic E-state index is 0.0191. The van der Waals surface area contributed by atoms with E-state index in [4.69, 9.17) is 0 Å². The molecule has 0 aliphatic rings. The van der Waals surface area contributed by atoms with E-state index in [9.17, 15) is 9.59 Å². The van der Waals surface area contributed by atoms with Crippen LogP contribution in [0, 0.1) is 13.8 Å². The zero-order chi connectivity index (χ0) is 18.7. The fourth-order valence-corrected chi connectivity index (χ4v) is 3.58. The number of fused-ring (bicyclic) bond motifs is 1. The first kappa shape index (κ1) is 18.1. The lowest BCUT2D eigenvalue weighted by molar-refractivity contribution is 0.102. The van der Waals surface area contributed by atoms with Gasteiger partial charge in [-0.3, -0.25) is 14.2 Å². The fraction of sp³-hybridized carbons (Fsp3) is 0.190. The third-order valence-electron chi connectivity index (χ3n) is 4.30. The van der Waals surface area contributed by atoms with Crippen molar-refractivity contribution in [3.05, 3.63) is 82.2 Å². The maximum Gasteiger partial charge on any atom is 0.262 e. The number of hydrogen-bond acceptors (Lipinski definition) is 4. The standard InChI is InChI=1S/C21H20N2O2S/c1-4-11-23-20(25)17-7-5-6-8-18(17)22-21(23)26-13-19(24)16-10-9-14(2)15(3)12-16/h4-10,12H,1,11,13H2,2-3H3. The molecule has 1 heterocycles. The highest BCUT2D eigenvalue weighted by molar-refractivity contribution is 7.99. The van der Waals surface area contributed by atoms with Crippen molar-refractivity contribution in [2.45, 2.75) is 25.5 Å². The van der Waals surface area contributed by atoms with Crippen LogP contribution in [0.5, 0.6) is 0 Å². The highest BCUT2D eigenvalue weighted by Gasteiger charge is 2.13. The van der Waals surface area contributed by atoms with Gasteiger partial charge in [-0.15, -0.1) is 6.58 Å². The van der Waals surface area contributed by atoms with Crippen molar-refractivity contribution in [2.24, 2.45) is 0 Å². The third kappa shape index (κ3) is 3.63. The summed E-state index contributed by atoms with van der Waals surface area (Å²) in [7, 11) is 0. The number of carbonyl (C=O) groups is 1. The number of aryl methyl sites for hydroxylation is 2. The van der Waals surface area contributed by atoms with Crippen LogP contribution in [-0.2, 0) is 6.54 Å². The molecule has 132 valence electrons. The van der Waals surface area contributed by atoms with Gasteiger partial charge in [0.1, 0.15) is 0 Å². The summed E-state index contributed by atoms with van der Waals surface area (Å²) in [5, 5.41) is 1.10. The summed E-state index contributed by atoms with van der Waals surface area (Å²) in [6.07, 6.45) is 1.66. The summed E-state index contributed by atoms with van der Waals surface area (Å²) in [5.74, 6) is 0.246. The van der Waals surface area contributed by atoms with E-state index in [2.05, 4.69) is 11.6 Å². The molecule has 0 spiro atoms. The van der Waals surface area contributed by atoms with Crippen molar-refractivity contribution >= 4 is 28.4 Å². The van der Waals surface area contributed by atoms with Crippen LogP contribution in [0.2, 0.25) is 0 Å². The lowest BCUT2D eigenvalue weighted by Gasteiger charge is -2.11. The van der Waals surface area contributed by atoms with Gasteiger partial charge in [-0.25, -0.2) is 4.98 Å². The van der Waals surface area contributed by atoms with Crippen molar-refractivity contribution in [3.8, 4) is 0 Å². The summed E-state index contributed by atoms with van der Waals surface area (Å²) in [6.45, 7) is 8.08. The second-order valence-corrected chi connectivity index (χ2v) is 7.07. The van der Waals surface area contributed by atoms with E-state index < -0.39 is 0 Å². The number of allylic oxidation sites excluding steroid dienone is 1. The number of hydrogen-bond donors (Lipinski definition) is 0. The summed E-state index contributed by atoms with van der Waals surface area (Å²) in [5.41, 5.74) is 3.45. The van der Waals surface area contributed by atoms with E-state index in [-0.39, 0.29) is 17.1 Å². The van der Waals surface area contributed by atoms with Crippen LogP contribution < -0.4 is 5.56 Å². The maximum absolute atomic E-state index is 12.7. The quantitative estimate of drug-likeness (QED) is 0.285. The lowest BCUT2D eigenvalue weighted by Crippen LogP contribution is -2.23. The summed E-state index contributed by atoms with van der Waals surface area (Å²) in [4.78, 5) is 29.8. The van der Waals surface area contributed by atoms with Crippen molar-refractivity contribution in [1.29, 1.82) is 0 Å². The van der Waals surface area contributed by atoms with Gasteiger partial charge in [-0.05, 0) is 43.2 Å². The SMILES string of the molecule is C=CCn1c(SCC(=O)c2ccc(C)c(C)c2)nc2ccccc2c1=O. The Labute approximate surface area is 156 Å². The van der Waals surface area contributed by atoms with Crippen molar-refractivity contribution < 1.29 is 4.79 Å². The van der Waals surface area contributed by atoms with Crippen molar-refractivity contribution in [2.75, 3.05) is 5.75 Å². The Balaban J connectivity index is 1.91. The van der Waals surface area contributed by atoms with Crippen LogP contribution in [0.3, 0.4) is 0 Å². The van der Waals surface area contributed by atoms with Crippen molar-refractivity contribution in [3.63, 3.8) is 0 Å². The first-order valence-corrected chi connectivity index (χ1v) is 9.33. The number of aromatic nitrogens is 2. The summed E-state index contributed by atoms with van der Waals surface area (Å²) >= 11 is 1.28. The largest absolute Gasteiger partial charge is 0.293 e. The van der Waals surface area contributed by atoms with E-state index in [0.717, 1.165) is 11.1 Å². The molecule has 0 fully saturated rings. The molecule has 1 aromatic heterocycles. The minimum Gasteiger partial charge on any atom is -0.293 e. The van der Waals surface area contributed by atoms with Crippen LogP contribution in [0.25, 0.3) is 10.9 Å². The molecular formula is C21H20N2O2S. The number of carbonyl (C=O) groups excluding carboxylic acids is 1. The molecule has 0 aliphatic carbocycles. The van der Waals surface area contributed by atoms with Crippen LogP contribution in [0.1, 0.15) is 21.5 Å². The second kappa shape index (κ2) is 7.70. The second-order valence-electron chi connectivity index (χ2n) is 6.13. The summed E-state index contributed by atoms with van der Waals surface area (Å²) in [6, 6.07) is 12.9. The molecule has 2 aromatic carbocycles. The van der Waals surface area contributed by atoms with E-state index in [0.29, 0.717) is 28.2 Å². The monoisotopic (exact) mass is 364 g/mol. The number of ketones is 1. The van der Waals surface area contributed by atoms with Gasteiger partial charge < -0.3 is 0 Å². The smallest absolute Gasteiger partial charge is 0.262 e. The lowest BCUT2D eigenvalue weighted by atomic mass is 10.0. The molecule has 5 heteroatoms. The molecule has 0 aliphatic heterocycles. The van der Waals surface area contributed by atoms with Gasteiger partial charge >= 0.3 is 0 Å². The molecule has 26 heavy (non-hydrogen) atoms. The molecular weight excluding hydrogens is 344 g/mol. The van der Waals surface area contributed by atoms with Crippen LogP contribution in [0.4, 0.5) is 0 Å². The highest BCUT2D eigenvalue weighted by atomic mass is 32.2. The van der Waals surface area contributed by atoms with E-state index >= 15 is 0 Å². The Hall–Kier alpha value is -2.66. The Kier molecular flexibility index (Phi) is 5.38. The zero-order valence-corrected chi connectivity index (χ0v) is 15.7. The van der Waals surface area contributed by atoms with E-state index in [1.165, 1.54) is 11.8 Å². The maximum atomic E-state index is 12.7. The van der Waals surface area contributed by atoms with Crippen LogP contribution in [-0.4, -0.2) is 21.1 Å². The number of thioether (sulfide) groups is 1. The predicted molar refractivity (Wildman–Crippen MR) is 107 cm³/mol. The number of benzene rings is 2. The average molecular weight is 364 g/mol. The molecule has 3 aromatic rings. The third-order valence-corrected chi connectivity index (χ3v) is 5.28. The molecule has 0 N–H and O–H groups in total. The molecule has 0 unspecified atom stereocenters. The van der Waals surface area contributed by atoms with Crippen LogP contribution in [0.15, 0.2) is 65.1 Å². The molecule has 0 radical (unpaired) electrons. The normalized spacial score (nSPS) is 10.8. The van der Waals surface area contributed by atoms with Gasteiger partial charge in [0.15, 0.2) is 10.9 Å². The van der Waals surface area contributed by atoms with Gasteiger partial charge in [0.05, 0.1) is 16.7 Å². The average Bonchev–Trinajstić information content (AvgIpc) is 2.64. The molecule has 0 bridgehead atoms. The Bertz CT molecular complexity index is 1050. The highest BCUT2D eigenvalue weighted by Crippen LogP contribution is 2.20. The van der Waals surface area contributed by atoms with Crippen LogP contribution >= 0.6 is 11.8 Å². The Morgan fingerprint density at radius 1 is 1.19 bits per heavy atom. The Morgan fingerprint density at radius 2 is 1.96 bits per heavy atom. The first-order valence-electron chi connectivity index (χ1n) is 8.35. The predicted octanol–water partition coefficient (Wildman–Crippen LogP) is 4.17. The molecule has 0 saturated heterocycles. The van der Waals surface area contributed by atoms with Crippen molar-refractivity contribution in [1.82, 2.24) is 9.55 Å². The molecule has 4 nitrogen and oxygen atoms in total. The number of para-hydroxylation sites is 1. The molecule has 3 rings (SSSR count). The number of rotatable bonds is 6. The summed E-state index contributed by atoms with van der Waals surface area (Å²) < 4.78 is 1.56. The van der Waals surface area contributed by atoms with E-state index in [1.54, 1.807) is 16.7 Å². The van der Waals surface area contributed by atoms with Gasteiger partial charge in [0.25, 0.3) is 5.56 Å². The van der Waals surface area contributed by atoms with Gasteiger partial charge in [-0.2, -0.15) is 0 Å². The van der Waals surface area contributed by atoms with E-state index in [1.807, 2.05) is 50.2 Å². The zero-order valence-electron chi connectivity index (χ0n) is 14.9. The van der Waals surface area contributed by atoms with Gasteiger partial charge in [0.2, 0.25) is 0 Å². The molecule has 0 atom stereocenters. The fourth-order valence-electron chi connectivity index (χ4n) is 2.68. The first-order chi connectivity index (χ1) is 12.5. The Morgan fingerprint density at radius 3 is 2.69 bits per heavy atom. The number of nitrogens with zero attached hydrogens (tertiary/aromatic N) is 2. The van der Waals surface area contributed by atoms with Gasteiger partial charge in [0, 0.05) is 12.1 Å². The minimum atomic E-state index is -0.114. The number of Topliss-reactive ketones (excluding diaryl/α,β-unsaturated/α-hetero) is 1. The topological polar surface area (TPSA) is 52.0 Å². The molecule has 0 saturated carbocycles.